The van der Waals surface area contributed by atoms with Gasteiger partial charge in [-0.3, -0.25) is 15.3 Å². The minimum absolute atomic E-state index is 0.0871. The molecule has 0 heterocycles. The summed E-state index contributed by atoms with van der Waals surface area (Å²) in [6, 6.07) is 15.1. The Bertz CT molecular complexity index is 759. The SMILES string of the molecule is C[C@H](/C=C/C(=O)NO)[C@@H](OC(=O)Nc1ccccc1)c1ccc(O)cc1. The maximum Gasteiger partial charge on any atom is 0.412 e. The number of phenolic OH excluding ortho intramolecular Hbond substituents is 1. The Kier molecular flexibility index (Phi) is 6.75. The Morgan fingerprint density at radius 1 is 1.08 bits per heavy atom. The van der Waals surface area contributed by atoms with Crippen molar-refractivity contribution < 1.29 is 24.6 Å². The number of para-hydroxylation sites is 1. The number of phenols is 1. The van der Waals surface area contributed by atoms with Crippen molar-refractivity contribution in [2.45, 2.75) is 13.0 Å². The third-order valence-electron chi connectivity index (χ3n) is 3.61. The van der Waals surface area contributed by atoms with Gasteiger partial charge in [0, 0.05) is 17.7 Å². The van der Waals surface area contributed by atoms with Crippen molar-refractivity contribution in [3.63, 3.8) is 0 Å². The van der Waals surface area contributed by atoms with Gasteiger partial charge in [-0.15, -0.1) is 0 Å². The van der Waals surface area contributed by atoms with E-state index < -0.39 is 18.1 Å². The molecule has 0 saturated heterocycles. The first-order valence-electron chi connectivity index (χ1n) is 7.93. The third-order valence-corrected chi connectivity index (χ3v) is 3.61. The summed E-state index contributed by atoms with van der Waals surface area (Å²) in [6.07, 6.45) is 1.30. The first-order valence-corrected chi connectivity index (χ1v) is 7.93. The van der Waals surface area contributed by atoms with Gasteiger partial charge in [-0.2, -0.15) is 0 Å². The molecule has 2 rings (SSSR count). The Labute approximate surface area is 150 Å². The van der Waals surface area contributed by atoms with Crippen LogP contribution in [0, 0.1) is 5.92 Å². The fourth-order valence-corrected chi connectivity index (χ4v) is 2.30. The van der Waals surface area contributed by atoms with Crippen molar-refractivity contribution in [1.82, 2.24) is 5.48 Å². The molecule has 2 atom stereocenters. The van der Waals surface area contributed by atoms with Crippen LogP contribution >= 0.6 is 0 Å². The summed E-state index contributed by atoms with van der Waals surface area (Å²) >= 11 is 0. The molecule has 0 aliphatic heterocycles. The molecule has 0 aliphatic rings. The van der Waals surface area contributed by atoms with E-state index in [9.17, 15) is 14.7 Å². The maximum atomic E-state index is 12.2. The average Bonchev–Trinajstić information content (AvgIpc) is 2.65. The van der Waals surface area contributed by atoms with Crippen molar-refractivity contribution in [3.8, 4) is 5.75 Å². The Morgan fingerprint density at radius 2 is 1.73 bits per heavy atom. The Morgan fingerprint density at radius 3 is 2.35 bits per heavy atom. The molecular weight excluding hydrogens is 336 g/mol. The van der Waals surface area contributed by atoms with Crippen molar-refractivity contribution in [3.05, 3.63) is 72.3 Å². The Hall–Kier alpha value is -3.32. The van der Waals surface area contributed by atoms with Crippen LogP contribution in [0.15, 0.2) is 66.7 Å². The van der Waals surface area contributed by atoms with Gasteiger partial charge in [0.05, 0.1) is 0 Å². The van der Waals surface area contributed by atoms with E-state index in [-0.39, 0.29) is 11.7 Å². The molecule has 0 saturated carbocycles. The molecule has 7 heteroatoms. The highest BCUT2D eigenvalue weighted by molar-refractivity contribution is 5.86. The molecule has 2 aromatic carbocycles. The number of carbonyl (C=O) groups is 2. The molecule has 2 amide bonds. The molecule has 4 N–H and O–H groups in total. The molecule has 0 aromatic heterocycles. The lowest BCUT2D eigenvalue weighted by molar-refractivity contribution is -0.124. The number of nitrogens with one attached hydrogen (secondary N) is 2. The molecule has 0 bridgehead atoms. The molecule has 136 valence electrons. The van der Waals surface area contributed by atoms with Crippen molar-refractivity contribution >= 4 is 17.7 Å². The standard InChI is InChI=1S/C19H20N2O5/c1-13(7-12-17(23)21-25)18(14-8-10-16(22)11-9-14)26-19(24)20-15-5-3-2-4-6-15/h2-13,18,22,25H,1H3,(H,20,24)(H,21,23)/b12-7+/t13-,18-/m1/s1. The highest BCUT2D eigenvalue weighted by Crippen LogP contribution is 2.29. The number of carbonyl (C=O) groups excluding carboxylic acids is 2. The van der Waals surface area contributed by atoms with E-state index in [0.717, 1.165) is 6.08 Å². The summed E-state index contributed by atoms with van der Waals surface area (Å²) in [5.74, 6) is -0.975. The van der Waals surface area contributed by atoms with Crippen LogP contribution in [0.25, 0.3) is 0 Å². The zero-order chi connectivity index (χ0) is 18.9. The van der Waals surface area contributed by atoms with Crippen LogP contribution in [-0.4, -0.2) is 22.3 Å². The molecule has 0 spiro atoms. The van der Waals surface area contributed by atoms with E-state index in [4.69, 9.17) is 9.94 Å². The van der Waals surface area contributed by atoms with Crippen molar-refractivity contribution in [2.24, 2.45) is 5.92 Å². The fourth-order valence-electron chi connectivity index (χ4n) is 2.30. The van der Waals surface area contributed by atoms with E-state index in [1.54, 1.807) is 43.3 Å². The van der Waals surface area contributed by atoms with E-state index in [1.165, 1.54) is 23.7 Å². The minimum Gasteiger partial charge on any atom is -0.508 e. The monoisotopic (exact) mass is 356 g/mol. The van der Waals surface area contributed by atoms with Gasteiger partial charge in [0.15, 0.2) is 0 Å². The maximum absolute atomic E-state index is 12.2. The second-order valence-corrected chi connectivity index (χ2v) is 5.60. The number of rotatable bonds is 6. The summed E-state index contributed by atoms with van der Waals surface area (Å²) in [4.78, 5) is 23.4. The first-order chi connectivity index (χ1) is 12.5. The molecule has 2 aromatic rings. The summed E-state index contributed by atoms with van der Waals surface area (Å²) in [7, 11) is 0. The van der Waals surface area contributed by atoms with Crippen LogP contribution < -0.4 is 10.8 Å². The quantitative estimate of drug-likeness (QED) is 0.360. The second kappa shape index (κ2) is 9.24. The van der Waals surface area contributed by atoms with Crippen molar-refractivity contribution in [2.75, 3.05) is 5.32 Å². The molecular formula is C19H20N2O5. The number of amides is 2. The summed E-state index contributed by atoms with van der Waals surface area (Å²) < 4.78 is 5.53. The number of anilines is 1. The van der Waals surface area contributed by atoms with E-state index in [2.05, 4.69) is 5.32 Å². The van der Waals surface area contributed by atoms with Crippen molar-refractivity contribution in [1.29, 1.82) is 0 Å². The van der Waals surface area contributed by atoms with Gasteiger partial charge in [0.2, 0.25) is 0 Å². The number of benzene rings is 2. The first kappa shape index (κ1) is 19.0. The van der Waals surface area contributed by atoms with Gasteiger partial charge < -0.3 is 9.84 Å². The normalized spacial score (nSPS) is 13.0. The average molecular weight is 356 g/mol. The van der Waals surface area contributed by atoms with E-state index in [1.807, 2.05) is 6.07 Å². The van der Waals surface area contributed by atoms with Gasteiger partial charge in [0.25, 0.3) is 5.91 Å². The lowest BCUT2D eigenvalue weighted by Crippen LogP contribution is -2.22. The molecule has 0 radical (unpaired) electrons. The highest BCUT2D eigenvalue weighted by Gasteiger charge is 2.22. The van der Waals surface area contributed by atoms with Crippen LogP contribution in [0.5, 0.6) is 5.75 Å². The lowest BCUT2D eigenvalue weighted by atomic mass is 9.96. The summed E-state index contributed by atoms with van der Waals surface area (Å²) in [5, 5.41) is 20.6. The second-order valence-electron chi connectivity index (χ2n) is 5.60. The van der Waals surface area contributed by atoms with Crippen LogP contribution in [0.4, 0.5) is 10.5 Å². The zero-order valence-corrected chi connectivity index (χ0v) is 14.1. The number of hydrogen-bond acceptors (Lipinski definition) is 5. The largest absolute Gasteiger partial charge is 0.508 e. The van der Waals surface area contributed by atoms with Crippen LogP contribution in [0.1, 0.15) is 18.6 Å². The smallest absolute Gasteiger partial charge is 0.412 e. The molecule has 26 heavy (non-hydrogen) atoms. The Balaban J connectivity index is 2.16. The minimum atomic E-state index is -0.706. The van der Waals surface area contributed by atoms with E-state index in [0.29, 0.717) is 11.3 Å². The van der Waals surface area contributed by atoms with Gasteiger partial charge in [-0.05, 0) is 29.8 Å². The van der Waals surface area contributed by atoms with Crippen LogP contribution in [0.2, 0.25) is 0 Å². The van der Waals surface area contributed by atoms with Crippen LogP contribution in [0.3, 0.4) is 0 Å². The lowest BCUT2D eigenvalue weighted by Gasteiger charge is -2.23. The predicted octanol–water partition coefficient (Wildman–Crippen LogP) is 3.38. The number of aromatic hydroxyl groups is 1. The van der Waals surface area contributed by atoms with Gasteiger partial charge >= 0.3 is 6.09 Å². The highest BCUT2D eigenvalue weighted by atomic mass is 16.6. The third kappa shape index (κ3) is 5.64. The molecule has 0 fully saturated rings. The molecule has 7 nitrogen and oxygen atoms in total. The number of hydroxylamine groups is 1. The van der Waals surface area contributed by atoms with Gasteiger partial charge in [0.1, 0.15) is 11.9 Å². The summed E-state index contributed by atoms with van der Waals surface area (Å²) in [5.41, 5.74) is 2.73. The predicted molar refractivity (Wildman–Crippen MR) is 95.6 cm³/mol. The topological polar surface area (TPSA) is 108 Å². The zero-order valence-electron chi connectivity index (χ0n) is 14.1. The van der Waals surface area contributed by atoms with Crippen LogP contribution in [-0.2, 0) is 9.53 Å². The summed E-state index contributed by atoms with van der Waals surface area (Å²) in [6.45, 7) is 1.76. The number of ether oxygens (including phenoxy) is 1. The molecule has 0 aliphatic carbocycles. The number of hydrogen-bond donors (Lipinski definition) is 4. The van der Waals surface area contributed by atoms with Gasteiger partial charge in [-0.1, -0.05) is 43.3 Å². The fraction of sp³-hybridized carbons (Fsp3) is 0.158. The van der Waals surface area contributed by atoms with E-state index >= 15 is 0 Å². The van der Waals surface area contributed by atoms with Gasteiger partial charge in [-0.25, -0.2) is 10.3 Å². The molecule has 0 unspecified atom stereocenters.